The lowest BCUT2D eigenvalue weighted by Gasteiger charge is -2.27. The van der Waals surface area contributed by atoms with E-state index in [0.29, 0.717) is 6.42 Å². The van der Waals surface area contributed by atoms with E-state index in [1.54, 1.807) is 0 Å². The third-order valence-corrected chi connectivity index (χ3v) is 6.26. The van der Waals surface area contributed by atoms with E-state index in [1.165, 1.54) is 18.7 Å². The van der Waals surface area contributed by atoms with Gasteiger partial charge in [0.05, 0.1) is 17.3 Å². The quantitative estimate of drug-likeness (QED) is 0.675. The highest BCUT2D eigenvalue weighted by Crippen LogP contribution is 2.17. The first-order valence-electron chi connectivity index (χ1n) is 6.12. The number of sulfone groups is 1. The standard InChI is InChI=1S/C10H20N2O5S2/c1-3-19(16,17)11-5-6-12(9(2)13)10-4-7-18(14,15)8-10/h10-11H,3-8H2,1-2H3. The van der Waals surface area contributed by atoms with E-state index in [-0.39, 0.29) is 42.3 Å². The van der Waals surface area contributed by atoms with Crippen molar-refractivity contribution in [3.05, 3.63) is 0 Å². The van der Waals surface area contributed by atoms with Gasteiger partial charge in [-0.05, 0) is 13.3 Å². The van der Waals surface area contributed by atoms with Crippen molar-refractivity contribution in [3.8, 4) is 0 Å². The van der Waals surface area contributed by atoms with E-state index in [4.69, 9.17) is 0 Å². The smallest absolute Gasteiger partial charge is 0.219 e. The molecule has 1 heterocycles. The highest BCUT2D eigenvalue weighted by molar-refractivity contribution is 7.91. The molecule has 1 rings (SSSR count). The first-order valence-corrected chi connectivity index (χ1v) is 9.59. The molecule has 0 bridgehead atoms. The van der Waals surface area contributed by atoms with Gasteiger partial charge in [0.2, 0.25) is 15.9 Å². The molecule has 112 valence electrons. The minimum atomic E-state index is -3.29. The minimum absolute atomic E-state index is 0.0229. The highest BCUT2D eigenvalue weighted by Gasteiger charge is 2.33. The molecule has 19 heavy (non-hydrogen) atoms. The summed E-state index contributed by atoms with van der Waals surface area (Å²) in [4.78, 5) is 13.0. The monoisotopic (exact) mass is 312 g/mol. The fraction of sp³-hybridized carbons (Fsp3) is 0.900. The minimum Gasteiger partial charge on any atom is -0.338 e. The molecule has 1 unspecified atom stereocenters. The number of carbonyl (C=O) groups is 1. The molecule has 1 amide bonds. The number of nitrogens with one attached hydrogen (secondary N) is 1. The predicted octanol–water partition coefficient (Wildman–Crippen LogP) is -1.04. The summed E-state index contributed by atoms with van der Waals surface area (Å²) in [5.74, 6) is -0.210. The van der Waals surface area contributed by atoms with Crippen molar-refractivity contribution in [1.82, 2.24) is 9.62 Å². The van der Waals surface area contributed by atoms with Crippen molar-refractivity contribution in [1.29, 1.82) is 0 Å². The molecule has 1 aliphatic rings. The van der Waals surface area contributed by atoms with Crippen LogP contribution in [0.1, 0.15) is 20.3 Å². The van der Waals surface area contributed by atoms with Gasteiger partial charge >= 0.3 is 0 Å². The van der Waals surface area contributed by atoms with Crippen LogP contribution in [-0.4, -0.2) is 64.0 Å². The zero-order valence-electron chi connectivity index (χ0n) is 11.1. The molecule has 9 heteroatoms. The summed E-state index contributed by atoms with van der Waals surface area (Å²) >= 11 is 0. The zero-order chi connectivity index (χ0) is 14.7. The molecule has 0 saturated carbocycles. The summed E-state index contributed by atoms with van der Waals surface area (Å²) in [6.45, 7) is 3.18. The Morgan fingerprint density at radius 2 is 2.05 bits per heavy atom. The van der Waals surface area contributed by atoms with Gasteiger partial charge in [-0.15, -0.1) is 0 Å². The molecule has 0 aromatic heterocycles. The molecule has 0 aromatic rings. The average Bonchev–Trinajstić information content (AvgIpc) is 2.64. The van der Waals surface area contributed by atoms with Crippen molar-refractivity contribution in [3.63, 3.8) is 0 Å². The number of hydrogen-bond acceptors (Lipinski definition) is 5. The van der Waals surface area contributed by atoms with Crippen LogP contribution in [0.3, 0.4) is 0 Å². The number of amides is 1. The van der Waals surface area contributed by atoms with Gasteiger partial charge in [0.1, 0.15) is 0 Å². The normalized spacial score (nSPS) is 22.3. The molecule has 1 atom stereocenters. The van der Waals surface area contributed by atoms with Crippen LogP contribution >= 0.6 is 0 Å². The topological polar surface area (TPSA) is 101 Å². The molecule has 1 aliphatic heterocycles. The molecule has 1 fully saturated rings. The van der Waals surface area contributed by atoms with Gasteiger partial charge in [0.25, 0.3) is 0 Å². The Balaban J connectivity index is 2.58. The summed E-state index contributed by atoms with van der Waals surface area (Å²) < 4.78 is 47.7. The second kappa shape index (κ2) is 6.19. The van der Waals surface area contributed by atoms with Crippen LogP contribution in [0.5, 0.6) is 0 Å². The maximum atomic E-state index is 11.5. The van der Waals surface area contributed by atoms with Crippen LogP contribution in [-0.2, 0) is 24.7 Å². The Morgan fingerprint density at radius 3 is 2.47 bits per heavy atom. The fourth-order valence-corrected chi connectivity index (χ4v) is 4.38. The van der Waals surface area contributed by atoms with Crippen LogP contribution in [0.4, 0.5) is 0 Å². The summed E-state index contributed by atoms with van der Waals surface area (Å²) in [6.07, 6.45) is 0.419. The molecule has 0 radical (unpaired) electrons. The third-order valence-electron chi connectivity index (χ3n) is 3.11. The number of carbonyl (C=O) groups excluding carboxylic acids is 1. The first-order chi connectivity index (χ1) is 8.67. The second-order valence-corrected chi connectivity index (χ2v) is 8.89. The lowest BCUT2D eigenvalue weighted by molar-refractivity contribution is -0.130. The van der Waals surface area contributed by atoms with Crippen LogP contribution in [0.15, 0.2) is 0 Å². The van der Waals surface area contributed by atoms with E-state index in [2.05, 4.69) is 4.72 Å². The van der Waals surface area contributed by atoms with Crippen LogP contribution in [0, 0.1) is 0 Å². The first kappa shape index (κ1) is 16.4. The molecule has 1 N–H and O–H groups in total. The van der Waals surface area contributed by atoms with Crippen molar-refractivity contribution in [2.75, 3.05) is 30.3 Å². The summed E-state index contributed by atoms with van der Waals surface area (Å²) in [7, 11) is -6.36. The van der Waals surface area contributed by atoms with Gasteiger partial charge in [0, 0.05) is 26.1 Å². The van der Waals surface area contributed by atoms with Crippen LogP contribution in [0.2, 0.25) is 0 Å². The van der Waals surface area contributed by atoms with Crippen molar-refractivity contribution in [2.24, 2.45) is 0 Å². The van der Waals surface area contributed by atoms with Crippen molar-refractivity contribution in [2.45, 2.75) is 26.3 Å². The van der Waals surface area contributed by atoms with Gasteiger partial charge in [-0.25, -0.2) is 21.6 Å². The molecule has 0 aliphatic carbocycles. The van der Waals surface area contributed by atoms with E-state index in [1.807, 2.05) is 0 Å². The van der Waals surface area contributed by atoms with Gasteiger partial charge in [0.15, 0.2) is 9.84 Å². The Kier molecular flexibility index (Phi) is 5.34. The van der Waals surface area contributed by atoms with Crippen LogP contribution in [0.25, 0.3) is 0 Å². The lowest BCUT2D eigenvalue weighted by Crippen LogP contribution is -2.44. The third kappa shape index (κ3) is 5.07. The van der Waals surface area contributed by atoms with E-state index in [0.717, 1.165) is 0 Å². The molecule has 0 spiro atoms. The SMILES string of the molecule is CCS(=O)(=O)NCCN(C(C)=O)C1CCS(=O)(=O)C1. The maximum absolute atomic E-state index is 11.5. The predicted molar refractivity (Wildman–Crippen MR) is 71.9 cm³/mol. The molecular formula is C10H20N2O5S2. The number of rotatable bonds is 6. The molecule has 7 nitrogen and oxygen atoms in total. The van der Waals surface area contributed by atoms with Gasteiger partial charge in [-0.2, -0.15) is 0 Å². The van der Waals surface area contributed by atoms with Crippen molar-refractivity contribution >= 4 is 25.8 Å². The van der Waals surface area contributed by atoms with Crippen LogP contribution < -0.4 is 4.72 Å². The van der Waals surface area contributed by atoms with Gasteiger partial charge in [-0.3, -0.25) is 4.79 Å². The number of nitrogens with zero attached hydrogens (tertiary/aromatic N) is 1. The highest BCUT2D eigenvalue weighted by atomic mass is 32.2. The zero-order valence-corrected chi connectivity index (χ0v) is 12.8. The number of hydrogen-bond donors (Lipinski definition) is 1. The van der Waals surface area contributed by atoms with Gasteiger partial charge in [-0.1, -0.05) is 0 Å². The maximum Gasteiger partial charge on any atom is 0.219 e. The average molecular weight is 312 g/mol. The van der Waals surface area contributed by atoms with E-state index < -0.39 is 19.9 Å². The Morgan fingerprint density at radius 1 is 1.42 bits per heavy atom. The molecule has 1 saturated heterocycles. The van der Waals surface area contributed by atoms with E-state index >= 15 is 0 Å². The molecular weight excluding hydrogens is 292 g/mol. The van der Waals surface area contributed by atoms with E-state index in [9.17, 15) is 21.6 Å². The molecule has 0 aromatic carbocycles. The number of sulfonamides is 1. The van der Waals surface area contributed by atoms with Gasteiger partial charge < -0.3 is 4.90 Å². The summed E-state index contributed by atoms with van der Waals surface area (Å²) in [5, 5.41) is 0. The second-order valence-electron chi connectivity index (χ2n) is 4.57. The Bertz CT molecular complexity index is 526. The fourth-order valence-electron chi connectivity index (χ4n) is 2.04. The lowest BCUT2D eigenvalue weighted by atomic mass is 10.2. The Hall–Kier alpha value is -0.670. The Labute approximate surface area is 114 Å². The summed E-state index contributed by atoms with van der Waals surface area (Å²) in [5.41, 5.74) is 0. The summed E-state index contributed by atoms with van der Waals surface area (Å²) in [6, 6.07) is -0.339. The van der Waals surface area contributed by atoms with Crippen molar-refractivity contribution < 1.29 is 21.6 Å². The largest absolute Gasteiger partial charge is 0.338 e.